The van der Waals surface area contributed by atoms with Crippen LogP contribution in [0.1, 0.15) is 25.5 Å². The first-order chi connectivity index (χ1) is 7.07. The molecule has 0 spiro atoms. The van der Waals surface area contributed by atoms with Crippen molar-refractivity contribution in [3.05, 3.63) is 16.9 Å². The van der Waals surface area contributed by atoms with E-state index in [4.69, 9.17) is 22.1 Å². The van der Waals surface area contributed by atoms with Crippen LogP contribution in [-0.2, 0) is 11.3 Å². The largest absolute Gasteiger partial charge is 0.383 e. The number of nitrogens with two attached hydrogens (primary N) is 1. The van der Waals surface area contributed by atoms with Crippen molar-refractivity contribution in [1.29, 1.82) is 0 Å². The van der Waals surface area contributed by atoms with Crippen LogP contribution in [0.2, 0.25) is 5.02 Å². The van der Waals surface area contributed by atoms with E-state index in [1.807, 2.05) is 11.6 Å². The molecule has 2 unspecified atom stereocenters. The highest BCUT2D eigenvalue weighted by molar-refractivity contribution is 6.31. The Bertz CT molecular complexity index is 312. The summed E-state index contributed by atoms with van der Waals surface area (Å²) < 4.78 is 6.88. The fourth-order valence-corrected chi connectivity index (χ4v) is 1.74. The molecule has 1 aromatic heterocycles. The van der Waals surface area contributed by atoms with Crippen LogP contribution in [0.4, 0.5) is 0 Å². The molecule has 0 aromatic carbocycles. The van der Waals surface area contributed by atoms with Crippen LogP contribution in [0.25, 0.3) is 0 Å². The number of hydrogen-bond acceptors (Lipinski definition) is 3. The smallest absolute Gasteiger partial charge is 0.0821 e. The molecule has 0 aliphatic carbocycles. The molecule has 0 aliphatic heterocycles. The number of methoxy groups -OCH3 is 1. The Labute approximate surface area is 95.3 Å². The van der Waals surface area contributed by atoms with Crippen LogP contribution in [0.15, 0.2) is 6.20 Å². The predicted octanol–water partition coefficient (Wildman–Crippen LogP) is 1.63. The summed E-state index contributed by atoms with van der Waals surface area (Å²) in [6.45, 7) is 5.35. The van der Waals surface area contributed by atoms with Crippen molar-refractivity contribution in [2.24, 2.45) is 5.73 Å². The van der Waals surface area contributed by atoms with Crippen LogP contribution in [0, 0.1) is 0 Å². The maximum Gasteiger partial charge on any atom is 0.0821 e. The van der Waals surface area contributed by atoms with Gasteiger partial charge in [0.15, 0.2) is 0 Å². The second-order valence-electron chi connectivity index (χ2n) is 3.74. The minimum Gasteiger partial charge on any atom is -0.383 e. The van der Waals surface area contributed by atoms with E-state index in [-0.39, 0.29) is 12.0 Å². The van der Waals surface area contributed by atoms with Gasteiger partial charge >= 0.3 is 0 Å². The summed E-state index contributed by atoms with van der Waals surface area (Å²) in [6.07, 6.45) is 1.66. The summed E-state index contributed by atoms with van der Waals surface area (Å²) >= 11 is 6.08. The van der Waals surface area contributed by atoms with E-state index in [1.54, 1.807) is 13.3 Å². The van der Waals surface area contributed by atoms with Crippen LogP contribution >= 0.6 is 11.6 Å². The van der Waals surface area contributed by atoms with Crippen molar-refractivity contribution in [3.8, 4) is 0 Å². The molecule has 0 aliphatic rings. The zero-order valence-electron chi connectivity index (χ0n) is 9.40. The first-order valence-electron chi connectivity index (χ1n) is 5.03. The zero-order valence-corrected chi connectivity index (χ0v) is 10.2. The van der Waals surface area contributed by atoms with Crippen LogP contribution in [0.3, 0.4) is 0 Å². The molecule has 86 valence electrons. The number of rotatable bonds is 5. The molecule has 2 N–H and O–H groups in total. The van der Waals surface area contributed by atoms with Gasteiger partial charge in [0.2, 0.25) is 0 Å². The predicted molar refractivity (Wildman–Crippen MR) is 61.2 cm³/mol. The van der Waals surface area contributed by atoms with E-state index in [9.17, 15) is 0 Å². The SMILES string of the molecule is COCCn1ncc(Cl)c1C(C)C(C)N. The van der Waals surface area contributed by atoms with Crippen molar-refractivity contribution >= 4 is 11.6 Å². The third-order valence-corrected chi connectivity index (χ3v) is 2.85. The maximum absolute atomic E-state index is 6.08. The van der Waals surface area contributed by atoms with Gasteiger partial charge in [-0.25, -0.2) is 0 Å². The Kier molecular flexibility index (Phi) is 4.57. The van der Waals surface area contributed by atoms with E-state index >= 15 is 0 Å². The molecule has 0 saturated heterocycles. The molecular formula is C10H18ClN3O. The number of ether oxygens (including phenoxy) is 1. The molecule has 0 radical (unpaired) electrons. The van der Waals surface area contributed by atoms with Gasteiger partial charge in [-0.3, -0.25) is 4.68 Å². The first-order valence-corrected chi connectivity index (χ1v) is 5.41. The number of hydrogen-bond donors (Lipinski definition) is 1. The lowest BCUT2D eigenvalue weighted by molar-refractivity contribution is 0.182. The Hall–Kier alpha value is -0.580. The normalized spacial score (nSPS) is 15.3. The van der Waals surface area contributed by atoms with Crippen molar-refractivity contribution in [2.75, 3.05) is 13.7 Å². The van der Waals surface area contributed by atoms with Gasteiger partial charge in [0, 0.05) is 19.1 Å². The summed E-state index contributed by atoms with van der Waals surface area (Å²) in [5.74, 6) is 0.192. The topological polar surface area (TPSA) is 53.1 Å². The van der Waals surface area contributed by atoms with Crippen molar-refractivity contribution in [1.82, 2.24) is 9.78 Å². The van der Waals surface area contributed by atoms with Crippen LogP contribution in [0.5, 0.6) is 0 Å². The highest BCUT2D eigenvalue weighted by atomic mass is 35.5. The van der Waals surface area contributed by atoms with E-state index in [2.05, 4.69) is 12.0 Å². The lowest BCUT2D eigenvalue weighted by atomic mass is 10.0. The summed E-state index contributed by atoms with van der Waals surface area (Å²) in [4.78, 5) is 0. The third kappa shape index (κ3) is 2.93. The van der Waals surface area contributed by atoms with Crippen LogP contribution < -0.4 is 5.73 Å². The molecule has 1 heterocycles. The number of halogens is 1. The molecule has 1 rings (SSSR count). The van der Waals surface area contributed by atoms with Gasteiger partial charge in [0.1, 0.15) is 0 Å². The van der Waals surface area contributed by atoms with E-state index in [1.165, 1.54) is 0 Å². The summed E-state index contributed by atoms with van der Waals surface area (Å²) in [6, 6.07) is 0.0560. The standard InChI is InChI=1S/C10H18ClN3O/c1-7(8(2)12)10-9(11)6-13-14(10)4-5-15-3/h6-8H,4-5,12H2,1-3H3. The molecule has 15 heavy (non-hydrogen) atoms. The quantitative estimate of drug-likeness (QED) is 0.838. The molecule has 0 fully saturated rings. The van der Waals surface area contributed by atoms with Gasteiger partial charge in [0.05, 0.1) is 30.1 Å². The van der Waals surface area contributed by atoms with Crippen molar-refractivity contribution in [2.45, 2.75) is 32.4 Å². The summed E-state index contributed by atoms with van der Waals surface area (Å²) in [5, 5.41) is 4.88. The van der Waals surface area contributed by atoms with Crippen molar-refractivity contribution in [3.63, 3.8) is 0 Å². The average molecular weight is 232 g/mol. The Morgan fingerprint density at radius 1 is 1.60 bits per heavy atom. The summed E-state index contributed by atoms with van der Waals surface area (Å²) in [7, 11) is 1.67. The Balaban J connectivity index is 2.88. The van der Waals surface area contributed by atoms with Gasteiger partial charge in [-0.15, -0.1) is 0 Å². The second kappa shape index (κ2) is 5.49. The molecule has 5 heteroatoms. The first kappa shape index (κ1) is 12.5. The zero-order chi connectivity index (χ0) is 11.4. The Morgan fingerprint density at radius 2 is 2.27 bits per heavy atom. The third-order valence-electron chi connectivity index (χ3n) is 2.56. The Morgan fingerprint density at radius 3 is 2.80 bits per heavy atom. The maximum atomic E-state index is 6.08. The van der Waals surface area contributed by atoms with E-state index in [0.717, 1.165) is 5.69 Å². The molecule has 0 bridgehead atoms. The molecule has 4 nitrogen and oxygen atoms in total. The monoisotopic (exact) mass is 231 g/mol. The fourth-order valence-electron chi connectivity index (χ4n) is 1.43. The van der Waals surface area contributed by atoms with Gasteiger partial charge in [-0.2, -0.15) is 5.10 Å². The average Bonchev–Trinajstić information content (AvgIpc) is 2.55. The highest BCUT2D eigenvalue weighted by Crippen LogP contribution is 2.25. The summed E-state index contributed by atoms with van der Waals surface area (Å²) in [5.41, 5.74) is 6.85. The lowest BCUT2D eigenvalue weighted by Gasteiger charge is -2.18. The minimum absolute atomic E-state index is 0.0560. The highest BCUT2D eigenvalue weighted by Gasteiger charge is 2.19. The molecule has 0 saturated carbocycles. The molecule has 1 aromatic rings. The van der Waals surface area contributed by atoms with Gasteiger partial charge in [-0.05, 0) is 6.92 Å². The second-order valence-corrected chi connectivity index (χ2v) is 4.15. The van der Waals surface area contributed by atoms with E-state index in [0.29, 0.717) is 18.2 Å². The van der Waals surface area contributed by atoms with E-state index < -0.39 is 0 Å². The fraction of sp³-hybridized carbons (Fsp3) is 0.700. The van der Waals surface area contributed by atoms with Gasteiger partial charge in [0.25, 0.3) is 0 Å². The number of nitrogens with zero attached hydrogens (tertiary/aromatic N) is 2. The molecular weight excluding hydrogens is 214 g/mol. The lowest BCUT2D eigenvalue weighted by Crippen LogP contribution is -2.25. The van der Waals surface area contributed by atoms with Crippen LogP contribution in [-0.4, -0.2) is 29.5 Å². The minimum atomic E-state index is 0.0560. The van der Waals surface area contributed by atoms with Gasteiger partial charge in [-0.1, -0.05) is 18.5 Å². The number of aromatic nitrogens is 2. The molecule has 2 atom stereocenters. The molecule has 0 amide bonds. The van der Waals surface area contributed by atoms with Crippen molar-refractivity contribution < 1.29 is 4.74 Å². The van der Waals surface area contributed by atoms with Gasteiger partial charge < -0.3 is 10.5 Å².